The van der Waals surface area contributed by atoms with Crippen molar-refractivity contribution in [2.45, 2.75) is 24.4 Å². The van der Waals surface area contributed by atoms with Gasteiger partial charge in [-0.25, -0.2) is 13.1 Å². The molecule has 1 atom stereocenters. The summed E-state index contributed by atoms with van der Waals surface area (Å²) in [5.74, 6) is 0.543. The summed E-state index contributed by atoms with van der Waals surface area (Å²) in [6.45, 7) is 1.76. The molecular weight excluding hydrogens is 266 g/mol. The van der Waals surface area contributed by atoms with Gasteiger partial charge in [0, 0.05) is 12.7 Å². The van der Waals surface area contributed by atoms with Crippen LogP contribution in [0.2, 0.25) is 0 Å². The van der Waals surface area contributed by atoms with E-state index < -0.39 is 16.1 Å². The quantitative estimate of drug-likeness (QED) is 0.857. The lowest BCUT2D eigenvalue weighted by Crippen LogP contribution is -2.28. The highest BCUT2D eigenvalue weighted by atomic mass is 32.2. The molecule has 2 aromatic heterocycles. The smallest absolute Gasteiger partial charge is 0.243 e. The van der Waals surface area contributed by atoms with E-state index in [0.29, 0.717) is 11.5 Å². The summed E-state index contributed by atoms with van der Waals surface area (Å²) in [7, 11) is -3.68. The summed E-state index contributed by atoms with van der Waals surface area (Å²) in [6.07, 6.45) is 3.01. The van der Waals surface area contributed by atoms with Crippen molar-refractivity contribution >= 4 is 10.0 Å². The van der Waals surface area contributed by atoms with Crippen molar-refractivity contribution in [3.8, 4) is 0 Å². The molecule has 102 valence electrons. The van der Waals surface area contributed by atoms with E-state index in [9.17, 15) is 8.42 Å². The van der Waals surface area contributed by atoms with Crippen LogP contribution in [0.5, 0.6) is 0 Å². The molecule has 2 rings (SSSR count). The first-order valence-corrected chi connectivity index (χ1v) is 7.22. The van der Waals surface area contributed by atoms with E-state index in [1.807, 2.05) is 0 Å². The van der Waals surface area contributed by atoms with Gasteiger partial charge in [0.05, 0.1) is 18.0 Å². The van der Waals surface area contributed by atoms with Crippen molar-refractivity contribution in [3.05, 3.63) is 48.2 Å². The molecule has 19 heavy (non-hydrogen) atoms. The van der Waals surface area contributed by atoms with Crippen molar-refractivity contribution in [1.29, 1.82) is 0 Å². The van der Waals surface area contributed by atoms with Crippen molar-refractivity contribution in [3.63, 3.8) is 0 Å². The molecule has 0 bridgehead atoms. The van der Waals surface area contributed by atoms with Gasteiger partial charge in [-0.15, -0.1) is 0 Å². The standard InChI is InChI=1S/C12H15N3O3S/c1-9(11-4-3-7-18-11)15-19(16,17)12-5-2-6-14-10(12)8-13/h2-7,9,15H,8,13H2,1H3. The van der Waals surface area contributed by atoms with Gasteiger partial charge in [0.1, 0.15) is 10.7 Å². The Kier molecular flexibility index (Phi) is 3.98. The molecule has 3 N–H and O–H groups in total. The fourth-order valence-electron chi connectivity index (χ4n) is 1.71. The van der Waals surface area contributed by atoms with E-state index in [1.165, 1.54) is 18.5 Å². The van der Waals surface area contributed by atoms with Gasteiger partial charge in [0.2, 0.25) is 10.0 Å². The second kappa shape index (κ2) is 5.52. The van der Waals surface area contributed by atoms with Crippen LogP contribution >= 0.6 is 0 Å². The Hall–Kier alpha value is -1.70. The summed E-state index contributed by atoms with van der Waals surface area (Å²) in [5.41, 5.74) is 5.83. The molecule has 1 unspecified atom stereocenters. The fourth-order valence-corrected chi connectivity index (χ4v) is 3.13. The Morgan fingerprint density at radius 1 is 1.42 bits per heavy atom. The minimum atomic E-state index is -3.68. The van der Waals surface area contributed by atoms with Gasteiger partial charge in [0.25, 0.3) is 0 Å². The molecule has 0 spiro atoms. The first-order valence-electron chi connectivity index (χ1n) is 5.74. The summed E-state index contributed by atoms with van der Waals surface area (Å²) in [6, 6.07) is 5.99. The van der Waals surface area contributed by atoms with Crippen molar-refractivity contribution in [1.82, 2.24) is 9.71 Å². The zero-order valence-electron chi connectivity index (χ0n) is 10.4. The van der Waals surface area contributed by atoms with Gasteiger partial charge in [0.15, 0.2) is 0 Å². The second-order valence-corrected chi connectivity index (χ2v) is 5.69. The molecule has 0 aliphatic carbocycles. The lowest BCUT2D eigenvalue weighted by molar-refractivity contribution is 0.459. The van der Waals surface area contributed by atoms with Gasteiger partial charge in [-0.1, -0.05) is 0 Å². The maximum atomic E-state index is 12.3. The molecule has 0 aliphatic heterocycles. The Bertz CT molecular complexity index is 638. The number of pyridine rings is 1. The van der Waals surface area contributed by atoms with Gasteiger partial charge >= 0.3 is 0 Å². The molecule has 0 saturated heterocycles. The van der Waals surface area contributed by atoms with E-state index >= 15 is 0 Å². The maximum Gasteiger partial charge on any atom is 0.243 e. The van der Waals surface area contributed by atoms with E-state index in [1.54, 1.807) is 25.1 Å². The van der Waals surface area contributed by atoms with Crippen LogP contribution in [0.1, 0.15) is 24.4 Å². The Balaban J connectivity index is 2.28. The van der Waals surface area contributed by atoms with E-state index in [-0.39, 0.29) is 11.4 Å². The number of hydrogen-bond acceptors (Lipinski definition) is 5. The summed E-state index contributed by atoms with van der Waals surface area (Å²) in [5, 5.41) is 0. The SMILES string of the molecule is CC(NS(=O)(=O)c1cccnc1CN)c1ccco1. The minimum absolute atomic E-state index is 0.0617. The number of nitrogens with two attached hydrogens (primary N) is 1. The third-order valence-corrected chi connectivity index (χ3v) is 4.25. The van der Waals surface area contributed by atoms with Crippen LogP contribution in [0, 0.1) is 0 Å². The summed E-state index contributed by atoms with van der Waals surface area (Å²) < 4.78 is 32.2. The Morgan fingerprint density at radius 2 is 2.21 bits per heavy atom. The number of nitrogens with zero attached hydrogens (tertiary/aromatic N) is 1. The fraction of sp³-hybridized carbons (Fsp3) is 0.250. The van der Waals surface area contributed by atoms with Crippen LogP contribution in [-0.2, 0) is 16.6 Å². The monoisotopic (exact) mass is 281 g/mol. The highest BCUT2D eigenvalue weighted by molar-refractivity contribution is 7.89. The van der Waals surface area contributed by atoms with E-state index in [2.05, 4.69) is 9.71 Å². The molecule has 2 heterocycles. The van der Waals surface area contributed by atoms with Crippen LogP contribution < -0.4 is 10.5 Å². The van der Waals surface area contributed by atoms with Gasteiger partial charge in [-0.2, -0.15) is 0 Å². The number of hydrogen-bond donors (Lipinski definition) is 2. The second-order valence-electron chi connectivity index (χ2n) is 4.01. The molecule has 7 heteroatoms. The highest BCUT2D eigenvalue weighted by Gasteiger charge is 2.22. The first-order chi connectivity index (χ1) is 9.04. The number of aromatic nitrogens is 1. The molecule has 0 amide bonds. The number of rotatable bonds is 5. The van der Waals surface area contributed by atoms with Gasteiger partial charge < -0.3 is 10.2 Å². The Labute approximate surface area is 111 Å². The van der Waals surface area contributed by atoms with Crippen LogP contribution in [0.4, 0.5) is 0 Å². The molecule has 0 radical (unpaired) electrons. The maximum absolute atomic E-state index is 12.3. The van der Waals surface area contributed by atoms with Gasteiger partial charge in [-0.05, 0) is 31.2 Å². The highest BCUT2D eigenvalue weighted by Crippen LogP contribution is 2.18. The predicted octanol–water partition coefficient (Wildman–Crippen LogP) is 1.17. The molecule has 2 aromatic rings. The molecule has 0 fully saturated rings. The normalized spacial score (nSPS) is 13.4. The third kappa shape index (κ3) is 3.01. The molecular formula is C12H15N3O3S. The van der Waals surface area contributed by atoms with Crippen LogP contribution in [0.3, 0.4) is 0 Å². The van der Waals surface area contributed by atoms with Crippen molar-refractivity contribution in [2.24, 2.45) is 5.73 Å². The largest absolute Gasteiger partial charge is 0.468 e. The number of sulfonamides is 1. The van der Waals surface area contributed by atoms with Crippen LogP contribution in [0.25, 0.3) is 0 Å². The lowest BCUT2D eigenvalue weighted by atomic mass is 10.3. The first kappa shape index (κ1) is 13.7. The average molecular weight is 281 g/mol. The van der Waals surface area contributed by atoms with Crippen LogP contribution in [0.15, 0.2) is 46.0 Å². The zero-order chi connectivity index (χ0) is 13.9. The number of furan rings is 1. The molecule has 0 saturated carbocycles. The summed E-state index contributed by atoms with van der Waals surface area (Å²) >= 11 is 0. The average Bonchev–Trinajstić information content (AvgIpc) is 2.92. The lowest BCUT2D eigenvalue weighted by Gasteiger charge is -2.13. The van der Waals surface area contributed by atoms with Gasteiger partial charge in [-0.3, -0.25) is 4.98 Å². The van der Waals surface area contributed by atoms with Crippen molar-refractivity contribution in [2.75, 3.05) is 0 Å². The van der Waals surface area contributed by atoms with Crippen LogP contribution in [-0.4, -0.2) is 13.4 Å². The summed E-state index contributed by atoms with van der Waals surface area (Å²) in [4.78, 5) is 4.06. The molecule has 0 aromatic carbocycles. The number of nitrogens with one attached hydrogen (secondary N) is 1. The molecule has 0 aliphatic rings. The third-order valence-electron chi connectivity index (χ3n) is 2.63. The topological polar surface area (TPSA) is 98.2 Å². The zero-order valence-corrected chi connectivity index (χ0v) is 11.2. The minimum Gasteiger partial charge on any atom is -0.468 e. The van der Waals surface area contributed by atoms with Crippen molar-refractivity contribution < 1.29 is 12.8 Å². The van der Waals surface area contributed by atoms with E-state index in [0.717, 1.165) is 0 Å². The molecule has 6 nitrogen and oxygen atoms in total. The van der Waals surface area contributed by atoms with E-state index in [4.69, 9.17) is 10.2 Å². The predicted molar refractivity (Wildman–Crippen MR) is 69.6 cm³/mol. The Morgan fingerprint density at radius 3 is 2.84 bits per heavy atom.